The molecule has 1 aliphatic rings. The van der Waals surface area contributed by atoms with Crippen molar-refractivity contribution in [2.45, 2.75) is 4.90 Å². The molecule has 0 atom stereocenters. The van der Waals surface area contributed by atoms with Crippen molar-refractivity contribution in [1.29, 1.82) is 0 Å². The highest BCUT2D eigenvalue weighted by atomic mass is 35.5. The lowest BCUT2D eigenvalue weighted by Crippen LogP contribution is -2.10. The fourth-order valence-corrected chi connectivity index (χ4v) is 3.93. The number of hydrogen-bond acceptors (Lipinski definition) is 7. The average molecular weight is 425 g/mol. The lowest BCUT2D eigenvalue weighted by molar-refractivity contribution is -0.113. The highest BCUT2D eigenvalue weighted by Gasteiger charge is 2.21. The number of amides is 1. The highest BCUT2D eigenvalue weighted by Crippen LogP contribution is 2.33. The molecule has 1 amide bonds. The molecule has 0 spiro atoms. The summed E-state index contributed by atoms with van der Waals surface area (Å²) in [4.78, 5) is 15.6. The van der Waals surface area contributed by atoms with Crippen LogP contribution < -0.4 is 14.7 Å². The van der Waals surface area contributed by atoms with Crippen LogP contribution in [0.15, 0.2) is 57.3 Å². The van der Waals surface area contributed by atoms with E-state index in [1.54, 1.807) is 6.07 Å². The van der Waals surface area contributed by atoms with Crippen molar-refractivity contribution < 1.29 is 22.1 Å². The number of aliphatic imine (C=N–C) groups is 1. The second kappa shape index (κ2) is 7.63. The van der Waals surface area contributed by atoms with Crippen LogP contribution in [-0.4, -0.2) is 26.6 Å². The van der Waals surface area contributed by atoms with Crippen molar-refractivity contribution in [3.8, 4) is 11.5 Å². The molecule has 2 aromatic rings. The molecule has 140 valence electrons. The van der Waals surface area contributed by atoms with E-state index < -0.39 is 16.0 Å². The number of carbonyl (C=O) groups excluding carboxylic acids is 1. The molecule has 2 aromatic carbocycles. The van der Waals surface area contributed by atoms with Gasteiger partial charge in [-0.2, -0.15) is 13.4 Å². The number of thioether (sulfide) groups is 1. The molecule has 10 heteroatoms. The van der Waals surface area contributed by atoms with Gasteiger partial charge in [-0.05, 0) is 59.8 Å². The van der Waals surface area contributed by atoms with Gasteiger partial charge in [0.2, 0.25) is 0 Å². The number of amidine groups is 1. The van der Waals surface area contributed by atoms with Gasteiger partial charge in [-0.15, -0.1) is 0 Å². The van der Waals surface area contributed by atoms with Crippen LogP contribution in [0.1, 0.15) is 5.56 Å². The van der Waals surface area contributed by atoms with Gasteiger partial charge in [0.15, 0.2) is 16.7 Å². The van der Waals surface area contributed by atoms with Gasteiger partial charge in [0.1, 0.15) is 4.90 Å². The quantitative estimate of drug-likeness (QED) is 0.580. The van der Waals surface area contributed by atoms with Crippen LogP contribution in [0.25, 0.3) is 6.08 Å². The Kier molecular flexibility index (Phi) is 5.45. The molecule has 0 saturated heterocycles. The number of rotatable bonds is 5. The summed E-state index contributed by atoms with van der Waals surface area (Å²) in [6.45, 7) is 0. The Morgan fingerprint density at radius 1 is 1.15 bits per heavy atom. The average Bonchev–Trinajstić information content (AvgIpc) is 2.92. The molecule has 1 aliphatic heterocycles. The lowest BCUT2D eigenvalue weighted by atomic mass is 10.2. The molecule has 0 saturated carbocycles. The molecule has 0 unspecified atom stereocenters. The summed E-state index contributed by atoms with van der Waals surface area (Å²) in [5.74, 6) is -0.258. The third-order valence-corrected chi connectivity index (χ3v) is 5.74. The first-order chi connectivity index (χ1) is 12.8. The topological polar surface area (TPSA) is 108 Å². The monoisotopic (exact) mass is 424 g/mol. The predicted molar refractivity (Wildman–Crippen MR) is 104 cm³/mol. The SMILES string of the molecule is COc1ccc(/C=C2\SC(N)=NC2=O)cc1OS(=O)(=O)c1ccc(Cl)cc1. The standard InChI is InChI=1S/C17H13ClN2O5S2/c1-24-13-7-2-10(9-15-16(21)20-17(19)26-15)8-14(13)25-27(22,23)12-5-3-11(18)4-6-12/h2-9H,1H3,(H2,19,20,21)/b15-9-. The Bertz CT molecular complexity index is 1060. The van der Waals surface area contributed by atoms with Crippen LogP contribution in [0.3, 0.4) is 0 Å². The number of nitrogens with zero attached hydrogens (tertiary/aromatic N) is 1. The number of methoxy groups -OCH3 is 1. The van der Waals surface area contributed by atoms with E-state index in [0.717, 1.165) is 11.8 Å². The normalized spacial score (nSPS) is 15.7. The summed E-state index contributed by atoms with van der Waals surface area (Å²) in [6, 6.07) is 10.2. The van der Waals surface area contributed by atoms with Crippen LogP contribution in [0, 0.1) is 0 Å². The van der Waals surface area contributed by atoms with Crippen LogP contribution in [-0.2, 0) is 14.9 Å². The van der Waals surface area contributed by atoms with E-state index in [1.807, 2.05) is 0 Å². The summed E-state index contributed by atoms with van der Waals surface area (Å²) in [5.41, 5.74) is 6.05. The first kappa shape index (κ1) is 19.3. The van der Waals surface area contributed by atoms with E-state index in [4.69, 9.17) is 26.3 Å². The summed E-state index contributed by atoms with van der Waals surface area (Å²) in [5, 5.41) is 0.557. The fraction of sp³-hybridized carbons (Fsp3) is 0.0588. The molecule has 7 nitrogen and oxygen atoms in total. The van der Waals surface area contributed by atoms with Crippen molar-refractivity contribution in [3.63, 3.8) is 0 Å². The van der Waals surface area contributed by atoms with Crippen LogP contribution in [0.5, 0.6) is 11.5 Å². The second-order valence-electron chi connectivity index (χ2n) is 5.27. The van der Waals surface area contributed by atoms with Gasteiger partial charge in [-0.3, -0.25) is 4.79 Å². The van der Waals surface area contributed by atoms with E-state index in [1.165, 1.54) is 49.6 Å². The summed E-state index contributed by atoms with van der Waals surface area (Å²) >= 11 is 6.82. The Morgan fingerprint density at radius 3 is 2.44 bits per heavy atom. The zero-order valence-corrected chi connectivity index (χ0v) is 16.3. The van der Waals surface area contributed by atoms with Gasteiger partial charge in [0, 0.05) is 5.02 Å². The second-order valence-corrected chi connectivity index (χ2v) is 8.31. The van der Waals surface area contributed by atoms with E-state index >= 15 is 0 Å². The Balaban J connectivity index is 1.94. The number of ether oxygens (including phenoxy) is 1. The van der Waals surface area contributed by atoms with Crippen LogP contribution in [0.2, 0.25) is 5.02 Å². The largest absolute Gasteiger partial charge is 0.493 e. The van der Waals surface area contributed by atoms with Crippen molar-refractivity contribution in [2.75, 3.05) is 7.11 Å². The molecular weight excluding hydrogens is 412 g/mol. The molecule has 0 fully saturated rings. The number of halogens is 1. The van der Waals surface area contributed by atoms with Crippen LogP contribution >= 0.6 is 23.4 Å². The molecule has 1 heterocycles. The zero-order valence-electron chi connectivity index (χ0n) is 13.9. The van der Waals surface area contributed by atoms with Gasteiger partial charge >= 0.3 is 10.1 Å². The van der Waals surface area contributed by atoms with E-state index in [9.17, 15) is 13.2 Å². The minimum Gasteiger partial charge on any atom is -0.493 e. The molecule has 0 bridgehead atoms. The highest BCUT2D eigenvalue weighted by molar-refractivity contribution is 8.18. The predicted octanol–water partition coefficient (Wildman–Crippen LogP) is 3.05. The Labute approximate surface area is 165 Å². The Hall–Kier alpha value is -2.49. The van der Waals surface area contributed by atoms with Gasteiger partial charge in [0.05, 0.1) is 12.0 Å². The van der Waals surface area contributed by atoms with E-state index in [0.29, 0.717) is 15.5 Å². The maximum Gasteiger partial charge on any atom is 0.339 e. The molecular formula is C17H13ClN2O5S2. The van der Waals surface area contributed by atoms with Crippen molar-refractivity contribution in [3.05, 3.63) is 58.0 Å². The minimum atomic E-state index is -4.10. The zero-order chi connectivity index (χ0) is 19.6. The molecule has 0 aromatic heterocycles. The maximum atomic E-state index is 12.5. The van der Waals surface area contributed by atoms with E-state index in [-0.39, 0.29) is 21.6 Å². The number of benzene rings is 2. The Morgan fingerprint density at radius 2 is 1.85 bits per heavy atom. The minimum absolute atomic E-state index is 0.0221. The van der Waals surface area contributed by atoms with Gasteiger partial charge in [0.25, 0.3) is 5.91 Å². The van der Waals surface area contributed by atoms with Crippen molar-refractivity contribution in [2.24, 2.45) is 10.7 Å². The van der Waals surface area contributed by atoms with Crippen molar-refractivity contribution >= 4 is 50.6 Å². The van der Waals surface area contributed by atoms with Gasteiger partial charge < -0.3 is 14.7 Å². The molecule has 2 N–H and O–H groups in total. The number of carbonyl (C=O) groups is 1. The van der Waals surface area contributed by atoms with Crippen molar-refractivity contribution in [1.82, 2.24) is 0 Å². The fourth-order valence-electron chi connectivity index (χ4n) is 2.19. The summed E-state index contributed by atoms with van der Waals surface area (Å²) in [6.07, 6.45) is 1.54. The van der Waals surface area contributed by atoms with Crippen LogP contribution in [0.4, 0.5) is 0 Å². The maximum absolute atomic E-state index is 12.5. The van der Waals surface area contributed by atoms with Gasteiger partial charge in [-0.25, -0.2) is 0 Å². The molecule has 27 heavy (non-hydrogen) atoms. The molecule has 0 radical (unpaired) electrons. The number of nitrogens with two attached hydrogens (primary N) is 1. The third kappa shape index (κ3) is 4.44. The third-order valence-electron chi connectivity index (χ3n) is 3.42. The lowest BCUT2D eigenvalue weighted by Gasteiger charge is -2.11. The summed E-state index contributed by atoms with van der Waals surface area (Å²) in [7, 11) is -2.71. The number of hydrogen-bond donors (Lipinski definition) is 1. The van der Waals surface area contributed by atoms with E-state index in [2.05, 4.69) is 4.99 Å². The van der Waals surface area contributed by atoms with Gasteiger partial charge in [-0.1, -0.05) is 17.7 Å². The molecule has 0 aliphatic carbocycles. The smallest absolute Gasteiger partial charge is 0.339 e. The first-order valence-corrected chi connectivity index (χ1v) is 10.0. The summed E-state index contributed by atoms with van der Waals surface area (Å²) < 4.78 is 35.4. The first-order valence-electron chi connectivity index (χ1n) is 7.44. The molecule has 3 rings (SSSR count).